The van der Waals surface area contributed by atoms with Gasteiger partial charge in [-0.15, -0.1) is 24.0 Å². The van der Waals surface area contributed by atoms with Gasteiger partial charge in [0.05, 0.1) is 12.0 Å². The average Bonchev–Trinajstić information content (AvgIpc) is 2.71. The van der Waals surface area contributed by atoms with E-state index in [2.05, 4.69) is 20.3 Å². The number of nitrogens with one attached hydrogen (secondary N) is 3. The molecular formula is C20H28ClIN4O3S. The molecule has 0 aromatic heterocycles. The van der Waals surface area contributed by atoms with Gasteiger partial charge in [-0.25, -0.2) is 13.1 Å². The molecular weight excluding hydrogens is 539 g/mol. The lowest BCUT2D eigenvalue weighted by molar-refractivity contribution is 0.414. The Labute approximate surface area is 200 Å². The van der Waals surface area contributed by atoms with Crippen molar-refractivity contribution in [2.45, 2.75) is 18.2 Å². The highest BCUT2D eigenvalue weighted by molar-refractivity contribution is 14.0. The highest BCUT2D eigenvalue weighted by Gasteiger charge is 2.12. The summed E-state index contributed by atoms with van der Waals surface area (Å²) >= 11 is 6.24. The van der Waals surface area contributed by atoms with E-state index in [0.717, 1.165) is 16.9 Å². The largest absolute Gasteiger partial charge is 0.497 e. The first-order chi connectivity index (χ1) is 13.9. The minimum absolute atomic E-state index is 0. The van der Waals surface area contributed by atoms with Crippen LogP contribution >= 0.6 is 35.6 Å². The second-order valence-corrected chi connectivity index (χ2v) is 8.52. The summed E-state index contributed by atoms with van der Waals surface area (Å²) < 4.78 is 32.2. The predicted octanol–water partition coefficient (Wildman–Crippen LogP) is 2.96. The van der Waals surface area contributed by atoms with E-state index in [1.165, 1.54) is 0 Å². The van der Waals surface area contributed by atoms with Crippen LogP contribution in [-0.2, 0) is 16.4 Å². The summed E-state index contributed by atoms with van der Waals surface area (Å²) in [5.74, 6) is 1.31. The van der Waals surface area contributed by atoms with Crippen LogP contribution < -0.4 is 20.1 Å². The minimum atomic E-state index is -3.52. The Morgan fingerprint density at radius 3 is 2.33 bits per heavy atom. The van der Waals surface area contributed by atoms with Crippen LogP contribution in [0.5, 0.6) is 5.75 Å². The zero-order valence-electron chi connectivity index (χ0n) is 17.2. The Kier molecular flexibility index (Phi) is 11.5. The van der Waals surface area contributed by atoms with E-state index in [1.54, 1.807) is 44.5 Å². The lowest BCUT2D eigenvalue weighted by atomic mass is 10.1. The summed E-state index contributed by atoms with van der Waals surface area (Å²) in [6.07, 6.45) is 0.712. The van der Waals surface area contributed by atoms with Crippen molar-refractivity contribution in [2.24, 2.45) is 4.99 Å². The van der Waals surface area contributed by atoms with E-state index in [4.69, 9.17) is 16.3 Å². The number of nitrogens with zero attached hydrogens (tertiary/aromatic N) is 1. The monoisotopic (exact) mass is 566 g/mol. The van der Waals surface area contributed by atoms with Crippen LogP contribution in [0.4, 0.5) is 0 Å². The highest BCUT2D eigenvalue weighted by atomic mass is 127. The van der Waals surface area contributed by atoms with Crippen molar-refractivity contribution in [1.82, 2.24) is 15.4 Å². The second kappa shape index (κ2) is 13.0. The Balaban J connectivity index is 0.00000450. The summed E-state index contributed by atoms with van der Waals surface area (Å²) in [7, 11) is -0.261. The number of halogens is 2. The van der Waals surface area contributed by atoms with Crippen molar-refractivity contribution >= 4 is 51.6 Å². The van der Waals surface area contributed by atoms with E-state index in [9.17, 15) is 8.42 Å². The summed E-state index contributed by atoms with van der Waals surface area (Å²) in [6.45, 7) is 3.17. The third-order valence-corrected chi connectivity index (χ3v) is 6.04. The molecule has 3 N–H and O–H groups in total. The van der Waals surface area contributed by atoms with Gasteiger partial charge in [-0.05, 0) is 43.2 Å². The van der Waals surface area contributed by atoms with Crippen LogP contribution in [0, 0.1) is 6.92 Å². The van der Waals surface area contributed by atoms with Crippen molar-refractivity contribution in [1.29, 1.82) is 0 Å². The van der Waals surface area contributed by atoms with E-state index >= 15 is 0 Å². The molecule has 10 heteroatoms. The molecule has 0 spiro atoms. The number of sulfonamides is 1. The van der Waals surface area contributed by atoms with Crippen molar-refractivity contribution < 1.29 is 13.2 Å². The first kappa shape index (κ1) is 26.5. The smallest absolute Gasteiger partial charge is 0.240 e. The van der Waals surface area contributed by atoms with Crippen LogP contribution in [0.3, 0.4) is 0 Å². The summed E-state index contributed by atoms with van der Waals surface area (Å²) in [6, 6.07) is 12.3. The molecule has 0 bridgehead atoms. The van der Waals surface area contributed by atoms with Gasteiger partial charge < -0.3 is 15.4 Å². The Bertz CT molecular complexity index is 938. The molecule has 0 saturated carbocycles. The number of hydrogen-bond donors (Lipinski definition) is 3. The maximum Gasteiger partial charge on any atom is 0.240 e. The molecule has 0 aliphatic carbocycles. The molecule has 0 aliphatic rings. The summed E-state index contributed by atoms with van der Waals surface area (Å²) in [5.41, 5.74) is 2.01. The molecule has 7 nitrogen and oxygen atoms in total. The van der Waals surface area contributed by atoms with Crippen LogP contribution in [0.15, 0.2) is 52.4 Å². The van der Waals surface area contributed by atoms with E-state index < -0.39 is 10.0 Å². The van der Waals surface area contributed by atoms with E-state index in [1.807, 2.05) is 19.1 Å². The number of rotatable bonds is 9. The number of hydrogen-bond acceptors (Lipinski definition) is 4. The Morgan fingerprint density at radius 2 is 1.73 bits per heavy atom. The second-order valence-electron chi connectivity index (χ2n) is 6.34. The van der Waals surface area contributed by atoms with E-state index in [0.29, 0.717) is 30.5 Å². The molecule has 30 heavy (non-hydrogen) atoms. The van der Waals surface area contributed by atoms with Gasteiger partial charge in [-0.1, -0.05) is 35.4 Å². The van der Waals surface area contributed by atoms with Gasteiger partial charge in [0.15, 0.2) is 5.96 Å². The first-order valence-electron chi connectivity index (χ1n) is 9.19. The minimum Gasteiger partial charge on any atom is -0.497 e. The Morgan fingerprint density at radius 1 is 1.07 bits per heavy atom. The quantitative estimate of drug-likeness (QED) is 0.188. The van der Waals surface area contributed by atoms with Gasteiger partial charge in [-0.3, -0.25) is 4.99 Å². The van der Waals surface area contributed by atoms with Crippen molar-refractivity contribution in [3.05, 3.63) is 58.6 Å². The maximum absolute atomic E-state index is 12.3. The number of methoxy groups -OCH3 is 1. The molecule has 166 valence electrons. The molecule has 0 aliphatic heterocycles. The zero-order chi connectivity index (χ0) is 21.3. The molecule has 0 saturated heterocycles. The molecule has 2 aromatic rings. The summed E-state index contributed by atoms with van der Waals surface area (Å²) in [4.78, 5) is 4.39. The standard InChI is InChI=1S/C20H27ClN4O3S.HI/c1-15-4-8-18(9-5-15)29(26,27)25-13-12-24-20(22-2)23-11-10-16-6-7-17(28-3)14-19(16)21;/h4-9,14,25H,10-13H2,1-3H3,(H2,22,23,24);1H. The molecule has 0 heterocycles. The third kappa shape index (κ3) is 8.29. The number of guanidine groups is 1. The first-order valence-corrected chi connectivity index (χ1v) is 11.0. The van der Waals surface area contributed by atoms with Gasteiger partial charge in [0.25, 0.3) is 0 Å². The van der Waals surface area contributed by atoms with Crippen LogP contribution in [-0.4, -0.2) is 48.2 Å². The van der Waals surface area contributed by atoms with Crippen LogP contribution in [0.25, 0.3) is 0 Å². The van der Waals surface area contributed by atoms with Gasteiger partial charge in [0.2, 0.25) is 10.0 Å². The fourth-order valence-corrected chi connectivity index (χ4v) is 3.86. The predicted molar refractivity (Wildman–Crippen MR) is 133 cm³/mol. The lowest BCUT2D eigenvalue weighted by Crippen LogP contribution is -2.42. The fourth-order valence-electron chi connectivity index (χ4n) is 2.56. The number of aliphatic imine (C=N–C) groups is 1. The van der Waals surface area contributed by atoms with Gasteiger partial charge >= 0.3 is 0 Å². The molecule has 2 aromatic carbocycles. The SMILES string of the molecule is CN=C(NCCNS(=O)(=O)c1ccc(C)cc1)NCCc1ccc(OC)cc1Cl.I. The molecule has 0 unspecified atom stereocenters. The van der Waals surface area contributed by atoms with Gasteiger partial charge in [0, 0.05) is 31.7 Å². The van der Waals surface area contributed by atoms with Crippen LogP contribution in [0.1, 0.15) is 11.1 Å². The fraction of sp³-hybridized carbons (Fsp3) is 0.350. The van der Waals surface area contributed by atoms with E-state index in [-0.39, 0.29) is 35.4 Å². The van der Waals surface area contributed by atoms with Crippen molar-refractivity contribution in [3.63, 3.8) is 0 Å². The normalized spacial score (nSPS) is 11.5. The molecule has 0 atom stereocenters. The number of ether oxygens (including phenoxy) is 1. The topological polar surface area (TPSA) is 91.8 Å². The maximum atomic E-state index is 12.3. The van der Waals surface area contributed by atoms with Crippen molar-refractivity contribution in [2.75, 3.05) is 33.8 Å². The number of aryl methyl sites for hydroxylation is 1. The summed E-state index contributed by atoms with van der Waals surface area (Å²) in [5, 5.41) is 6.91. The highest BCUT2D eigenvalue weighted by Crippen LogP contribution is 2.22. The molecule has 2 rings (SSSR count). The van der Waals surface area contributed by atoms with Crippen LogP contribution in [0.2, 0.25) is 5.02 Å². The van der Waals surface area contributed by atoms with Gasteiger partial charge in [0.1, 0.15) is 5.75 Å². The zero-order valence-corrected chi connectivity index (χ0v) is 21.1. The molecule has 0 amide bonds. The Hall–Kier alpha value is -1.56. The third-order valence-electron chi connectivity index (χ3n) is 4.21. The number of benzene rings is 2. The lowest BCUT2D eigenvalue weighted by Gasteiger charge is -2.13. The molecule has 0 fully saturated rings. The average molecular weight is 567 g/mol. The van der Waals surface area contributed by atoms with Crippen molar-refractivity contribution in [3.8, 4) is 5.75 Å². The van der Waals surface area contributed by atoms with Gasteiger partial charge in [-0.2, -0.15) is 0 Å². The molecule has 0 radical (unpaired) electrons.